The minimum atomic E-state index is -0.417. The highest BCUT2D eigenvalue weighted by atomic mass is 16.7. The van der Waals surface area contributed by atoms with Gasteiger partial charge in [0.05, 0.1) is 5.69 Å². The second-order valence-corrected chi connectivity index (χ2v) is 3.43. The topological polar surface area (TPSA) is 29.5 Å². The number of carbonyl (C=O) groups is 1. The number of hydrogen-bond acceptors (Lipinski definition) is 2. The number of anilines is 1. The second-order valence-electron chi connectivity index (χ2n) is 3.43. The van der Waals surface area contributed by atoms with E-state index in [1.54, 1.807) is 24.3 Å². The number of benzene rings is 2. The van der Waals surface area contributed by atoms with E-state index in [2.05, 4.69) is 6.92 Å². The number of hydroxylamine groups is 1. The molecule has 0 saturated carbocycles. The number of carbonyl (C=O) groups excluding carboxylic acids is 1. The molecule has 0 aliphatic carbocycles. The molecule has 1 radical (unpaired) electrons. The van der Waals surface area contributed by atoms with Crippen LogP contribution in [0.3, 0.4) is 0 Å². The first-order valence-corrected chi connectivity index (χ1v) is 5.21. The van der Waals surface area contributed by atoms with Crippen LogP contribution in [0.15, 0.2) is 60.7 Å². The van der Waals surface area contributed by atoms with Crippen LogP contribution in [-0.4, -0.2) is 5.91 Å². The molecule has 0 aromatic heterocycles. The minimum absolute atomic E-state index is 0.417. The number of para-hydroxylation sites is 2. The van der Waals surface area contributed by atoms with Gasteiger partial charge in [-0.2, -0.15) is 0 Å². The monoisotopic (exact) mass is 226 g/mol. The van der Waals surface area contributed by atoms with Gasteiger partial charge in [-0.1, -0.05) is 36.4 Å². The Hall–Kier alpha value is -2.29. The second kappa shape index (κ2) is 5.16. The predicted molar refractivity (Wildman–Crippen MR) is 66.4 cm³/mol. The highest BCUT2D eigenvalue weighted by Gasteiger charge is 2.13. The zero-order chi connectivity index (χ0) is 12.1. The molecule has 0 aliphatic rings. The third-order valence-electron chi connectivity index (χ3n) is 2.16. The van der Waals surface area contributed by atoms with Gasteiger partial charge in [0, 0.05) is 6.92 Å². The molecule has 0 aliphatic heterocycles. The SMILES string of the molecule is [CH2]C(=O)N(Oc1ccccc1)c1ccccc1. The number of hydrogen-bond donors (Lipinski definition) is 0. The fraction of sp³-hybridized carbons (Fsp3) is 0. The molecule has 85 valence electrons. The van der Waals surface area contributed by atoms with Crippen molar-refractivity contribution in [3.8, 4) is 5.75 Å². The standard InChI is InChI=1S/C14H12NO2/c1-12(16)15(13-8-4-2-5-9-13)17-14-10-6-3-7-11-14/h2-11H,1H2. The molecule has 1 amide bonds. The van der Waals surface area contributed by atoms with Crippen molar-refractivity contribution >= 4 is 11.6 Å². The lowest BCUT2D eigenvalue weighted by atomic mass is 10.3. The van der Waals surface area contributed by atoms with Gasteiger partial charge >= 0.3 is 0 Å². The van der Waals surface area contributed by atoms with Crippen molar-refractivity contribution in [1.82, 2.24) is 0 Å². The Morgan fingerprint density at radius 2 is 1.47 bits per heavy atom. The maximum absolute atomic E-state index is 11.4. The van der Waals surface area contributed by atoms with Gasteiger partial charge in [-0.25, -0.2) is 0 Å². The van der Waals surface area contributed by atoms with E-state index in [1.165, 1.54) is 0 Å². The van der Waals surface area contributed by atoms with Gasteiger partial charge in [0.2, 0.25) is 0 Å². The molecule has 0 N–H and O–H groups in total. The van der Waals surface area contributed by atoms with E-state index < -0.39 is 5.91 Å². The van der Waals surface area contributed by atoms with Crippen LogP contribution in [0.25, 0.3) is 0 Å². The van der Waals surface area contributed by atoms with Crippen LogP contribution >= 0.6 is 0 Å². The molecule has 0 fully saturated rings. The van der Waals surface area contributed by atoms with Gasteiger partial charge in [-0.15, -0.1) is 5.06 Å². The Morgan fingerprint density at radius 1 is 0.941 bits per heavy atom. The van der Waals surface area contributed by atoms with Gasteiger partial charge < -0.3 is 4.84 Å². The Kier molecular flexibility index (Phi) is 3.40. The van der Waals surface area contributed by atoms with E-state index in [4.69, 9.17) is 4.84 Å². The van der Waals surface area contributed by atoms with Crippen LogP contribution in [0.4, 0.5) is 5.69 Å². The molecule has 0 saturated heterocycles. The summed E-state index contributed by atoms with van der Waals surface area (Å²) in [5.74, 6) is 0.174. The quantitative estimate of drug-likeness (QED) is 0.753. The van der Waals surface area contributed by atoms with Crippen molar-refractivity contribution < 1.29 is 9.63 Å². The van der Waals surface area contributed by atoms with Crippen molar-refractivity contribution in [2.75, 3.05) is 5.06 Å². The third kappa shape index (κ3) is 2.84. The molecule has 0 heterocycles. The molecule has 2 rings (SSSR count). The van der Waals surface area contributed by atoms with Crippen LogP contribution in [0.5, 0.6) is 5.75 Å². The van der Waals surface area contributed by atoms with Gasteiger partial charge in [0.1, 0.15) is 0 Å². The van der Waals surface area contributed by atoms with Gasteiger partial charge in [0.25, 0.3) is 5.91 Å². The molecule has 3 heteroatoms. The van der Waals surface area contributed by atoms with Crippen LogP contribution in [0.2, 0.25) is 0 Å². The first-order valence-electron chi connectivity index (χ1n) is 5.21. The van der Waals surface area contributed by atoms with Crippen LogP contribution in [0, 0.1) is 6.92 Å². The zero-order valence-electron chi connectivity index (χ0n) is 9.24. The van der Waals surface area contributed by atoms with Gasteiger partial charge in [-0.05, 0) is 24.3 Å². The molecule has 17 heavy (non-hydrogen) atoms. The summed E-state index contributed by atoms with van der Waals surface area (Å²) in [4.78, 5) is 16.9. The van der Waals surface area contributed by atoms with E-state index in [0.717, 1.165) is 5.06 Å². The lowest BCUT2D eigenvalue weighted by Gasteiger charge is -2.20. The Balaban J connectivity index is 2.23. The Labute approximate surface area is 100 Å². The fourth-order valence-corrected chi connectivity index (χ4v) is 1.40. The average molecular weight is 226 g/mol. The lowest BCUT2D eigenvalue weighted by molar-refractivity contribution is -0.118. The van der Waals surface area contributed by atoms with E-state index in [1.807, 2.05) is 36.4 Å². The molecule has 0 unspecified atom stereocenters. The molecule has 0 atom stereocenters. The summed E-state index contributed by atoms with van der Waals surface area (Å²) in [6.45, 7) is 3.37. The smallest absolute Gasteiger partial charge is 0.260 e. The Bertz CT molecular complexity index is 482. The molecule has 2 aromatic rings. The summed E-state index contributed by atoms with van der Waals surface area (Å²) >= 11 is 0. The lowest BCUT2D eigenvalue weighted by Crippen LogP contribution is -2.32. The highest BCUT2D eigenvalue weighted by molar-refractivity contribution is 5.94. The predicted octanol–water partition coefficient (Wildman–Crippen LogP) is 2.85. The first kappa shape index (κ1) is 11.2. The molecule has 2 aromatic carbocycles. The summed E-state index contributed by atoms with van der Waals surface area (Å²) in [5, 5.41) is 1.16. The highest BCUT2D eigenvalue weighted by Crippen LogP contribution is 2.17. The van der Waals surface area contributed by atoms with Crippen molar-refractivity contribution in [3.63, 3.8) is 0 Å². The van der Waals surface area contributed by atoms with Crippen LogP contribution < -0.4 is 9.90 Å². The van der Waals surface area contributed by atoms with E-state index >= 15 is 0 Å². The summed E-state index contributed by atoms with van der Waals surface area (Å²) in [5.41, 5.74) is 0.649. The van der Waals surface area contributed by atoms with Crippen LogP contribution in [-0.2, 0) is 4.79 Å². The summed E-state index contributed by atoms with van der Waals surface area (Å²) in [6, 6.07) is 18.2. The fourth-order valence-electron chi connectivity index (χ4n) is 1.40. The van der Waals surface area contributed by atoms with Crippen LogP contribution in [0.1, 0.15) is 0 Å². The third-order valence-corrected chi connectivity index (χ3v) is 2.16. The number of amides is 1. The maximum Gasteiger partial charge on any atom is 0.260 e. The number of nitrogens with zero attached hydrogens (tertiary/aromatic N) is 1. The zero-order valence-corrected chi connectivity index (χ0v) is 9.24. The largest absolute Gasteiger partial charge is 0.372 e. The molecular weight excluding hydrogens is 214 g/mol. The van der Waals surface area contributed by atoms with Gasteiger partial charge in [0.15, 0.2) is 5.75 Å². The molecule has 0 spiro atoms. The molecule has 0 bridgehead atoms. The van der Waals surface area contributed by atoms with Crippen molar-refractivity contribution in [1.29, 1.82) is 0 Å². The van der Waals surface area contributed by atoms with Crippen molar-refractivity contribution in [2.45, 2.75) is 0 Å². The Morgan fingerprint density at radius 3 is 2.00 bits per heavy atom. The first-order chi connectivity index (χ1) is 8.27. The van der Waals surface area contributed by atoms with Gasteiger partial charge in [-0.3, -0.25) is 4.79 Å². The van der Waals surface area contributed by atoms with E-state index in [9.17, 15) is 4.79 Å². The maximum atomic E-state index is 11.4. The van der Waals surface area contributed by atoms with E-state index in [-0.39, 0.29) is 0 Å². The molecular formula is C14H12NO2. The average Bonchev–Trinajstić information content (AvgIpc) is 2.38. The minimum Gasteiger partial charge on any atom is -0.372 e. The van der Waals surface area contributed by atoms with Crippen molar-refractivity contribution in [2.24, 2.45) is 0 Å². The summed E-state index contributed by atoms with van der Waals surface area (Å²) in [7, 11) is 0. The number of rotatable bonds is 3. The van der Waals surface area contributed by atoms with Crippen molar-refractivity contribution in [3.05, 3.63) is 67.6 Å². The summed E-state index contributed by atoms with van der Waals surface area (Å²) in [6.07, 6.45) is 0. The normalized spacial score (nSPS) is 9.71. The molecule has 3 nitrogen and oxygen atoms in total. The summed E-state index contributed by atoms with van der Waals surface area (Å²) < 4.78 is 0. The van der Waals surface area contributed by atoms with E-state index in [0.29, 0.717) is 11.4 Å².